The molecule has 0 N–H and O–H groups in total. The van der Waals surface area contributed by atoms with Crippen LogP contribution in [0.15, 0.2) is 47.1 Å². The minimum atomic E-state index is 0.898. The zero-order valence-electron chi connectivity index (χ0n) is 11.2. The van der Waals surface area contributed by atoms with Gasteiger partial charge in [0.25, 0.3) is 0 Å². The molecule has 0 saturated heterocycles. The van der Waals surface area contributed by atoms with Gasteiger partial charge in [-0.15, -0.1) is 0 Å². The van der Waals surface area contributed by atoms with Crippen LogP contribution in [0.1, 0.15) is 47.0 Å². The smallest absolute Gasteiger partial charge is 0.0288 e. The standard InChI is InChI=1S/C16H25/c1-6-9-15(4)12-8-13-16(5)11-7-10-14(2)3/h7,9-11,13H,1,6,8,12H2,2-5H3. The Morgan fingerprint density at radius 1 is 1.06 bits per heavy atom. The fourth-order valence-corrected chi connectivity index (χ4v) is 1.34. The molecule has 0 heteroatoms. The lowest BCUT2D eigenvalue weighted by atomic mass is 10.1. The Balaban J connectivity index is 4.01. The van der Waals surface area contributed by atoms with E-state index in [0.717, 1.165) is 19.3 Å². The van der Waals surface area contributed by atoms with E-state index in [1.807, 2.05) is 0 Å². The Morgan fingerprint density at radius 2 is 1.75 bits per heavy atom. The third-order valence-corrected chi connectivity index (χ3v) is 2.29. The summed E-state index contributed by atoms with van der Waals surface area (Å²) in [5, 5.41) is 0. The van der Waals surface area contributed by atoms with Crippen molar-refractivity contribution < 1.29 is 0 Å². The molecule has 0 aromatic heterocycles. The van der Waals surface area contributed by atoms with Crippen LogP contribution in [0.25, 0.3) is 0 Å². The van der Waals surface area contributed by atoms with E-state index in [-0.39, 0.29) is 0 Å². The molecule has 0 aromatic rings. The van der Waals surface area contributed by atoms with Crippen LogP contribution in [-0.4, -0.2) is 0 Å². The molecule has 0 heterocycles. The van der Waals surface area contributed by atoms with Crippen molar-refractivity contribution in [3.63, 3.8) is 0 Å². The average molecular weight is 217 g/mol. The molecule has 0 unspecified atom stereocenters. The van der Waals surface area contributed by atoms with Gasteiger partial charge < -0.3 is 0 Å². The second-order valence-electron chi connectivity index (χ2n) is 4.43. The molecule has 0 fully saturated rings. The maximum atomic E-state index is 3.82. The van der Waals surface area contributed by atoms with Crippen molar-refractivity contribution in [2.75, 3.05) is 0 Å². The molecule has 0 aliphatic heterocycles. The fraction of sp³-hybridized carbons (Fsp3) is 0.438. The summed E-state index contributed by atoms with van der Waals surface area (Å²) in [6.07, 6.45) is 14.0. The summed E-state index contributed by atoms with van der Waals surface area (Å²) >= 11 is 0. The molecule has 0 spiro atoms. The highest BCUT2D eigenvalue weighted by Gasteiger charge is 1.87. The van der Waals surface area contributed by atoms with Crippen LogP contribution in [0.5, 0.6) is 0 Å². The number of hydrogen-bond donors (Lipinski definition) is 0. The fourth-order valence-electron chi connectivity index (χ4n) is 1.34. The summed E-state index contributed by atoms with van der Waals surface area (Å²) in [6, 6.07) is 0. The van der Waals surface area contributed by atoms with Gasteiger partial charge in [-0.2, -0.15) is 0 Å². The summed E-state index contributed by atoms with van der Waals surface area (Å²) < 4.78 is 0. The highest BCUT2D eigenvalue weighted by atomic mass is 13.9. The Kier molecular flexibility index (Phi) is 8.61. The van der Waals surface area contributed by atoms with E-state index in [0.29, 0.717) is 0 Å². The van der Waals surface area contributed by atoms with Gasteiger partial charge in [0.05, 0.1) is 0 Å². The topological polar surface area (TPSA) is 0 Å². The Bertz CT molecular complexity index is 294. The van der Waals surface area contributed by atoms with Crippen LogP contribution in [-0.2, 0) is 0 Å². The van der Waals surface area contributed by atoms with Crippen molar-refractivity contribution in [2.24, 2.45) is 0 Å². The summed E-state index contributed by atoms with van der Waals surface area (Å²) in [6.45, 7) is 12.4. The van der Waals surface area contributed by atoms with Gasteiger partial charge in [-0.3, -0.25) is 0 Å². The Labute approximate surface area is 101 Å². The third-order valence-electron chi connectivity index (χ3n) is 2.29. The third kappa shape index (κ3) is 9.51. The van der Waals surface area contributed by atoms with Crippen LogP contribution >= 0.6 is 0 Å². The van der Waals surface area contributed by atoms with Crippen molar-refractivity contribution in [3.8, 4) is 0 Å². The van der Waals surface area contributed by atoms with E-state index in [9.17, 15) is 0 Å². The summed E-state index contributed by atoms with van der Waals surface area (Å²) in [5.41, 5.74) is 4.10. The molecule has 1 radical (unpaired) electrons. The van der Waals surface area contributed by atoms with Crippen LogP contribution in [0.3, 0.4) is 0 Å². The van der Waals surface area contributed by atoms with Gasteiger partial charge >= 0.3 is 0 Å². The molecule has 0 bridgehead atoms. The quantitative estimate of drug-likeness (QED) is 0.412. The molecule has 0 saturated carbocycles. The molecule has 16 heavy (non-hydrogen) atoms. The lowest BCUT2D eigenvalue weighted by molar-refractivity contribution is 0.962. The first-order chi connectivity index (χ1) is 7.56. The molecule has 0 aliphatic carbocycles. The van der Waals surface area contributed by atoms with Gasteiger partial charge in [0.15, 0.2) is 0 Å². The van der Waals surface area contributed by atoms with E-state index in [1.54, 1.807) is 0 Å². The maximum absolute atomic E-state index is 3.82. The van der Waals surface area contributed by atoms with Crippen molar-refractivity contribution in [3.05, 3.63) is 54.0 Å². The molecular weight excluding hydrogens is 192 g/mol. The van der Waals surface area contributed by atoms with Gasteiger partial charge in [-0.25, -0.2) is 0 Å². The molecule has 0 aliphatic rings. The largest absolute Gasteiger partial charge is 0.0856 e. The van der Waals surface area contributed by atoms with Crippen LogP contribution in [0.2, 0.25) is 0 Å². The van der Waals surface area contributed by atoms with Crippen molar-refractivity contribution in [2.45, 2.75) is 47.0 Å². The number of rotatable bonds is 6. The highest BCUT2D eigenvalue weighted by molar-refractivity contribution is 5.21. The minimum Gasteiger partial charge on any atom is -0.0856 e. The van der Waals surface area contributed by atoms with Gasteiger partial charge in [-0.1, -0.05) is 47.1 Å². The van der Waals surface area contributed by atoms with Gasteiger partial charge in [0.2, 0.25) is 0 Å². The molecule has 0 atom stereocenters. The molecule has 0 aromatic carbocycles. The SMILES string of the molecule is [CH2]CC=C(C)CCC=C(C)C=CC=C(C)C. The zero-order valence-corrected chi connectivity index (χ0v) is 11.2. The predicted molar refractivity (Wildman–Crippen MR) is 75.3 cm³/mol. The first kappa shape index (κ1) is 15.0. The highest BCUT2D eigenvalue weighted by Crippen LogP contribution is 2.08. The summed E-state index contributed by atoms with van der Waals surface area (Å²) in [5.74, 6) is 0. The van der Waals surface area contributed by atoms with E-state index < -0.39 is 0 Å². The number of hydrogen-bond acceptors (Lipinski definition) is 0. The summed E-state index contributed by atoms with van der Waals surface area (Å²) in [4.78, 5) is 0. The maximum Gasteiger partial charge on any atom is -0.0288 e. The first-order valence-corrected chi connectivity index (χ1v) is 5.99. The predicted octanol–water partition coefficient (Wildman–Crippen LogP) is 5.41. The lowest BCUT2D eigenvalue weighted by Crippen LogP contribution is -1.77. The van der Waals surface area contributed by atoms with Crippen LogP contribution < -0.4 is 0 Å². The number of allylic oxidation sites excluding steroid dienone is 8. The average Bonchev–Trinajstić information content (AvgIpc) is 2.17. The van der Waals surface area contributed by atoms with Gasteiger partial charge in [-0.05, 0) is 53.9 Å². The second-order valence-corrected chi connectivity index (χ2v) is 4.43. The van der Waals surface area contributed by atoms with Gasteiger partial charge in [0.1, 0.15) is 0 Å². The summed E-state index contributed by atoms with van der Waals surface area (Å²) in [7, 11) is 0. The van der Waals surface area contributed by atoms with E-state index >= 15 is 0 Å². The Hall–Kier alpha value is -1.04. The van der Waals surface area contributed by atoms with E-state index in [2.05, 4.69) is 65.0 Å². The lowest BCUT2D eigenvalue weighted by Gasteiger charge is -1.97. The normalized spacial score (nSPS) is 13.3. The van der Waals surface area contributed by atoms with Gasteiger partial charge in [0, 0.05) is 0 Å². The van der Waals surface area contributed by atoms with Crippen molar-refractivity contribution in [1.29, 1.82) is 0 Å². The second kappa shape index (κ2) is 9.21. The molecular formula is C16H25. The first-order valence-electron chi connectivity index (χ1n) is 5.99. The molecule has 89 valence electrons. The van der Waals surface area contributed by atoms with E-state index in [1.165, 1.54) is 16.7 Å². The Morgan fingerprint density at radius 3 is 2.31 bits per heavy atom. The monoisotopic (exact) mass is 217 g/mol. The van der Waals surface area contributed by atoms with Crippen LogP contribution in [0, 0.1) is 6.92 Å². The minimum absolute atomic E-state index is 0.898. The molecule has 0 nitrogen and oxygen atoms in total. The van der Waals surface area contributed by atoms with E-state index in [4.69, 9.17) is 0 Å². The van der Waals surface area contributed by atoms with Crippen molar-refractivity contribution in [1.82, 2.24) is 0 Å². The molecule has 0 rings (SSSR count). The molecule has 0 amide bonds. The zero-order chi connectivity index (χ0) is 12.4. The van der Waals surface area contributed by atoms with Crippen LogP contribution in [0.4, 0.5) is 0 Å². The van der Waals surface area contributed by atoms with Crippen molar-refractivity contribution >= 4 is 0 Å².